The van der Waals surface area contributed by atoms with Crippen LogP contribution in [0.25, 0.3) is 0 Å². The number of thioether (sulfide) groups is 1. The van der Waals surface area contributed by atoms with Crippen LogP contribution in [0.2, 0.25) is 0 Å². The summed E-state index contributed by atoms with van der Waals surface area (Å²) in [5, 5.41) is 3.92. The van der Waals surface area contributed by atoms with Crippen LogP contribution in [-0.2, 0) is 12.2 Å². The number of aryl methyl sites for hydroxylation is 1. The first kappa shape index (κ1) is 18.7. The van der Waals surface area contributed by atoms with E-state index >= 15 is 0 Å². The molecule has 0 unspecified atom stereocenters. The van der Waals surface area contributed by atoms with E-state index in [2.05, 4.69) is 32.2 Å². The smallest absolute Gasteiger partial charge is 0.322 e. The van der Waals surface area contributed by atoms with Gasteiger partial charge in [-0.05, 0) is 36.2 Å². The molecule has 8 heteroatoms. The monoisotopic (exact) mass is 381 g/mol. The Morgan fingerprint density at radius 3 is 2.78 bits per heavy atom. The van der Waals surface area contributed by atoms with Gasteiger partial charge in [0.05, 0.1) is 16.5 Å². The van der Waals surface area contributed by atoms with Crippen molar-refractivity contribution in [2.75, 3.05) is 5.32 Å². The highest BCUT2D eigenvalue weighted by molar-refractivity contribution is 7.98. The van der Waals surface area contributed by atoms with Crippen LogP contribution < -0.4 is 21.6 Å². The summed E-state index contributed by atoms with van der Waals surface area (Å²) in [6.07, 6.45) is 2.71. The second kappa shape index (κ2) is 9.00. The first-order valence-corrected chi connectivity index (χ1v) is 9.50. The van der Waals surface area contributed by atoms with Crippen molar-refractivity contribution in [2.24, 2.45) is 5.73 Å². The van der Waals surface area contributed by atoms with Gasteiger partial charge in [0.2, 0.25) is 0 Å². The van der Waals surface area contributed by atoms with Crippen molar-refractivity contribution in [1.29, 1.82) is 0 Å². The molecule has 3 aromatic rings. The van der Waals surface area contributed by atoms with Gasteiger partial charge in [-0.15, -0.1) is 4.98 Å². The minimum Gasteiger partial charge on any atom is -0.322 e. The molecule has 0 spiro atoms. The summed E-state index contributed by atoms with van der Waals surface area (Å²) in [5.41, 5.74) is 8.48. The molecule has 2 aromatic heterocycles. The molecule has 0 bridgehead atoms. The van der Waals surface area contributed by atoms with Crippen LogP contribution in [0.4, 0.5) is 11.6 Å². The Bertz CT molecular complexity index is 969. The van der Waals surface area contributed by atoms with Crippen molar-refractivity contribution in [3.05, 3.63) is 76.3 Å². The SMILES string of the molecule is CCc1ccc(NC(N)=[NH+]c2nc(CSc3ccccn3)cc(=O)[nH]2)cc1. The number of aromatic nitrogens is 3. The first-order valence-electron chi connectivity index (χ1n) is 8.52. The maximum atomic E-state index is 11.9. The highest BCUT2D eigenvalue weighted by atomic mass is 32.2. The van der Waals surface area contributed by atoms with Crippen molar-refractivity contribution in [3.63, 3.8) is 0 Å². The number of pyridine rings is 1. The van der Waals surface area contributed by atoms with Gasteiger partial charge in [-0.2, -0.15) is 0 Å². The van der Waals surface area contributed by atoms with Crippen molar-refractivity contribution in [2.45, 2.75) is 24.1 Å². The zero-order valence-electron chi connectivity index (χ0n) is 14.9. The van der Waals surface area contributed by atoms with Gasteiger partial charge in [-0.3, -0.25) is 10.1 Å². The van der Waals surface area contributed by atoms with Gasteiger partial charge in [0.1, 0.15) is 5.69 Å². The van der Waals surface area contributed by atoms with E-state index in [1.54, 1.807) is 6.20 Å². The van der Waals surface area contributed by atoms with Gasteiger partial charge in [0, 0.05) is 12.3 Å². The van der Waals surface area contributed by atoms with E-state index in [-0.39, 0.29) is 17.5 Å². The molecule has 0 saturated carbocycles. The van der Waals surface area contributed by atoms with Gasteiger partial charge in [-0.25, -0.2) is 15.0 Å². The predicted octanol–water partition coefficient (Wildman–Crippen LogP) is 1.16. The van der Waals surface area contributed by atoms with Crippen LogP contribution in [0.3, 0.4) is 0 Å². The molecule has 1 aromatic carbocycles. The number of anilines is 1. The molecule has 7 nitrogen and oxygen atoms in total. The molecule has 138 valence electrons. The molecule has 0 fully saturated rings. The van der Waals surface area contributed by atoms with E-state index in [4.69, 9.17) is 5.73 Å². The quantitative estimate of drug-likeness (QED) is 0.290. The summed E-state index contributed by atoms with van der Waals surface area (Å²) in [6, 6.07) is 15.1. The van der Waals surface area contributed by atoms with E-state index in [1.807, 2.05) is 42.5 Å². The second-order valence-corrected chi connectivity index (χ2v) is 6.75. The summed E-state index contributed by atoms with van der Waals surface area (Å²) in [6.45, 7) is 2.10. The largest absolute Gasteiger partial charge is 0.325 e. The number of nitrogens with one attached hydrogen (secondary N) is 3. The lowest BCUT2D eigenvalue weighted by Crippen LogP contribution is -2.73. The van der Waals surface area contributed by atoms with Crippen LogP contribution in [0.15, 0.2) is 64.5 Å². The number of guanidine groups is 1. The number of hydrogen-bond acceptors (Lipinski definition) is 4. The molecule has 0 aliphatic heterocycles. The Kier molecular flexibility index (Phi) is 6.22. The molecule has 5 N–H and O–H groups in total. The molecule has 0 aliphatic rings. The van der Waals surface area contributed by atoms with Crippen molar-refractivity contribution >= 4 is 29.4 Å². The highest BCUT2D eigenvalue weighted by Crippen LogP contribution is 2.18. The number of nitrogens with two attached hydrogens (primary N) is 1. The first-order chi connectivity index (χ1) is 13.1. The van der Waals surface area contributed by atoms with Crippen molar-refractivity contribution in [1.82, 2.24) is 15.0 Å². The van der Waals surface area contributed by atoms with Crippen LogP contribution in [0, 0.1) is 0 Å². The van der Waals surface area contributed by atoms with Crippen molar-refractivity contribution < 1.29 is 4.99 Å². The van der Waals surface area contributed by atoms with Crippen molar-refractivity contribution in [3.8, 4) is 0 Å². The average Bonchev–Trinajstić information content (AvgIpc) is 2.67. The lowest BCUT2D eigenvalue weighted by Gasteiger charge is -2.03. The molecule has 0 radical (unpaired) electrons. The molecule has 0 aliphatic carbocycles. The maximum absolute atomic E-state index is 11.9. The van der Waals surface area contributed by atoms with Gasteiger partial charge in [0.15, 0.2) is 0 Å². The fourth-order valence-electron chi connectivity index (χ4n) is 2.36. The minimum absolute atomic E-state index is 0.246. The zero-order chi connectivity index (χ0) is 19.1. The van der Waals surface area contributed by atoms with Gasteiger partial charge in [0.25, 0.3) is 11.5 Å². The van der Waals surface area contributed by atoms with E-state index in [1.165, 1.54) is 23.4 Å². The third kappa shape index (κ3) is 5.68. The van der Waals surface area contributed by atoms with E-state index in [0.29, 0.717) is 11.4 Å². The van der Waals surface area contributed by atoms with Gasteiger partial charge in [-0.1, -0.05) is 36.9 Å². The summed E-state index contributed by atoms with van der Waals surface area (Å²) in [5.74, 6) is 1.09. The Balaban J connectivity index is 1.70. The Morgan fingerprint density at radius 2 is 2.07 bits per heavy atom. The standard InChI is InChI=1S/C19H20N6OS/c1-2-13-6-8-14(9-7-13)22-18(20)25-19-23-15(11-16(26)24-19)12-27-17-5-3-4-10-21-17/h3-11H,2,12H2,1H3,(H4,20,22,23,24,25,26)/p+1. The Labute approximate surface area is 161 Å². The minimum atomic E-state index is -0.246. The van der Waals surface area contributed by atoms with Crippen LogP contribution in [0.5, 0.6) is 0 Å². The normalized spacial score (nSPS) is 11.4. The number of rotatable bonds is 6. The third-order valence-corrected chi connectivity index (χ3v) is 4.67. The molecule has 0 amide bonds. The van der Waals surface area contributed by atoms with Gasteiger partial charge >= 0.3 is 5.95 Å². The molecule has 0 saturated heterocycles. The Morgan fingerprint density at radius 1 is 1.26 bits per heavy atom. The summed E-state index contributed by atoms with van der Waals surface area (Å²) >= 11 is 1.51. The van der Waals surface area contributed by atoms with E-state index in [9.17, 15) is 4.79 Å². The van der Waals surface area contributed by atoms with Crippen LogP contribution >= 0.6 is 11.8 Å². The predicted molar refractivity (Wildman–Crippen MR) is 108 cm³/mol. The fraction of sp³-hybridized carbons (Fsp3) is 0.158. The molecular weight excluding hydrogens is 360 g/mol. The summed E-state index contributed by atoms with van der Waals surface area (Å²) < 4.78 is 0. The highest BCUT2D eigenvalue weighted by Gasteiger charge is 2.08. The molecule has 2 heterocycles. The fourth-order valence-corrected chi connectivity index (χ4v) is 3.11. The maximum Gasteiger partial charge on any atom is 0.325 e. The number of nitrogens with zero attached hydrogens (tertiary/aromatic N) is 2. The number of benzene rings is 1. The second-order valence-electron chi connectivity index (χ2n) is 5.76. The van der Waals surface area contributed by atoms with E-state index in [0.717, 1.165) is 17.1 Å². The molecule has 27 heavy (non-hydrogen) atoms. The van der Waals surface area contributed by atoms with Crippen LogP contribution in [-0.4, -0.2) is 20.9 Å². The average molecular weight is 381 g/mol. The van der Waals surface area contributed by atoms with Gasteiger partial charge < -0.3 is 5.73 Å². The number of aromatic amines is 1. The zero-order valence-corrected chi connectivity index (χ0v) is 15.7. The van der Waals surface area contributed by atoms with E-state index < -0.39 is 0 Å². The number of H-pyrrole nitrogens is 1. The Hall–Kier alpha value is -3.13. The molecular formula is C19H21N6OS+. The topological polar surface area (TPSA) is 111 Å². The molecule has 0 atom stereocenters. The lowest BCUT2D eigenvalue weighted by atomic mass is 10.1. The van der Waals surface area contributed by atoms with Crippen LogP contribution in [0.1, 0.15) is 18.2 Å². The lowest BCUT2D eigenvalue weighted by molar-refractivity contribution is -0.365. The molecule has 3 rings (SSSR count). The third-order valence-electron chi connectivity index (χ3n) is 3.69. The summed E-state index contributed by atoms with van der Waals surface area (Å²) in [7, 11) is 0. The number of hydrogen-bond donors (Lipinski definition) is 4. The summed E-state index contributed by atoms with van der Waals surface area (Å²) in [4.78, 5) is 26.1.